The topological polar surface area (TPSA) is 9.23 Å². The minimum atomic E-state index is 0.974. The molecule has 0 aliphatic rings. The summed E-state index contributed by atoms with van der Waals surface area (Å²) in [5.74, 6) is 0.974. The maximum absolute atomic E-state index is 5.22. The van der Waals surface area contributed by atoms with Crippen molar-refractivity contribution in [2.24, 2.45) is 0 Å². The molecule has 1 aromatic rings. The van der Waals surface area contributed by atoms with E-state index in [1.807, 2.05) is 0 Å². The standard InChI is InChI=1S/C13H20O/c1-4-6-7-12-8-9-13(14-3)10-11(12)5-2/h8-10H,4-7H2,1-3H3. The lowest BCUT2D eigenvalue weighted by atomic mass is 10.00. The van der Waals surface area contributed by atoms with E-state index in [0.29, 0.717) is 0 Å². The molecule has 0 bridgehead atoms. The summed E-state index contributed by atoms with van der Waals surface area (Å²) in [5, 5.41) is 0. The molecule has 1 heteroatoms. The van der Waals surface area contributed by atoms with Crippen molar-refractivity contribution in [1.29, 1.82) is 0 Å². The molecule has 0 radical (unpaired) electrons. The molecule has 14 heavy (non-hydrogen) atoms. The number of hydrogen-bond acceptors (Lipinski definition) is 1. The lowest BCUT2D eigenvalue weighted by Gasteiger charge is -2.09. The minimum absolute atomic E-state index is 0.974. The second kappa shape index (κ2) is 5.69. The molecule has 0 heterocycles. The van der Waals surface area contributed by atoms with Gasteiger partial charge in [0, 0.05) is 0 Å². The second-order valence-corrected chi connectivity index (χ2v) is 3.59. The van der Waals surface area contributed by atoms with Crippen LogP contribution in [0.5, 0.6) is 5.75 Å². The molecular weight excluding hydrogens is 172 g/mol. The van der Waals surface area contributed by atoms with E-state index in [4.69, 9.17) is 4.74 Å². The van der Waals surface area contributed by atoms with Crippen LogP contribution in [-0.2, 0) is 12.8 Å². The number of benzene rings is 1. The van der Waals surface area contributed by atoms with E-state index in [0.717, 1.165) is 12.2 Å². The first-order valence-corrected chi connectivity index (χ1v) is 5.47. The van der Waals surface area contributed by atoms with Gasteiger partial charge in [0.2, 0.25) is 0 Å². The minimum Gasteiger partial charge on any atom is -0.497 e. The number of hydrogen-bond donors (Lipinski definition) is 0. The lowest BCUT2D eigenvalue weighted by molar-refractivity contribution is 0.414. The largest absolute Gasteiger partial charge is 0.497 e. The fourth-order valence-corrected chi connectivity index (χ4v) is 1.67. The van der Waals surface area contributed by atoms with Crippen LogP contribution in [0.3, 0.4) is 0 Å². The Labute approximate surface area is 87.1 Å². The molecule has 0 fully saturated rings. The average molecular weight is 192 g/mol. The number of aryl methyl sites for hydroxylation is 2. The highest BCUT2D eigenvalue weighted by atomic mass is 16.5. The molecule has 0 N–H and O–H groups in total. The Kier molecular flexibility index (Phi) is 4.51. The Balaban J connectivity index is 2.82. The smallest absolute Gasteiger partial charge is 0.119 e. The van der Waals surface area contributed by atoms with Crippen molar-refractivity contribution in [3.8, 4) is 5.75 Å². The molecule has 78 valence electrons. The van der Waals surface area contributed by atoms with Gasteiger partial charge in [-0.15, -0.1) is 0 Å². The summed E-state index contributed by atoms with van der Waals surface area (Å²) in [6.07, 6.45) is 4.83. The van der Waals surface area contributed by atoms with Crippen molar-refractivity contribution >= 4 is 0 Å². The van der Waals surface area contributed by atoms with Gasteiger partial charge in [-0.3, -0.25) is 0 Å². The summed E-state index contributed by atoms with van der Waals surface area (Å²) in [6, 6.07) is 6.42. The number of ether oxygens (including phenoxy) is 1. The van der Waals surface area contributed by atoms with Crippen LogP contribution in [0.25, 0.3) is 0 Å². The normalized spacial score (nSPS) is 10.2. The molecular formula is C13H20O. The predicted octanol–water partition coefficient (Wildman–Crippen LogP) is 3.60. The van der Waals surface area contributed by atoms with E-state index in [-0.39, 0.29) is 0 Å². The molecule has 0 aliphatic heterocycles. The molecule has 0 unspecified atom stereocenters. The zero-order valence-electron chi connectivity index (χ0n) is 9.47. The van der Waals surface area contributed by atoms with Gasteiger partial charge in [0.05, 0.1) is 7.11 Å². The van der Waals surface area contributed by atoms with Crippen LogP contribution in [0.2, 0.25) is 0 Å². The van der Waals surface area contributed by atoms with Crippen LogP contribution in [0, 0.1) is 0 Å². The van der Waals surface area contributed by atoms with E-state index in [2.05, 4.69) is 32.0 Å². The summed E-state index contributed by atoms with van der Waals surface area (Å²) in [7, 11) is 1.72. The maximum Gasteiger partial charge on any atom is 0.119 e. The van der Waals surface area contributed by atoms with Gasteiger partial charge in [-0.1, -0.05) is 26.3 Å². The van der Waals surface area contributed by atoms with Gasteiger partial charge in [-0.25, -0.2) is 0 Å². The van der Waals surface area contributed by atoms with Crippen LogP contribution < -0.4 is 4.74 Å². The highest BCUT2D eigenvalue weighted by Gasteiger charge is 2.01. The van der Waals surface area contributed by atoms with E-state index < -0.39 is 0 Å². The second-order valence-electron chi connectivity index (χ2n) is 3.59. The SMILES string of the molecule is CCCCc1ccc(OC)cc1CC. The van der Waals surface area contributed by atoms with E-state index in [1.54, 1.807) is 7.11 Å². The monoisotopic (exact) mass is 192 g/mol. The van der Waals surface area contributed by atoms with Crippen LogP contribution >= 0.6 is 0 Å². The molecule has 1 rings (SSSR count). The van der Waals surface area contributed by atoms with Crippen molar-refractivity contribution in [3.63, 3.8) is 0 Å². The Hall–Kier alpha value is -0.980. The van der Waals surface area contributed by atoms with Gasteiger partial charge in [-0.05, 0) is 42.5 Å². The highest BCUT2D eigenvalue weighted by Crippen LogP contribution is 2.19. The van der Waals surface area contributed by atoms with Crippen LogP contribution in [0.4, 0.5) is 0 Å². The van der Waals surface area contributed by atoms with Gasteiger partial charge in [0.25, 0.3) is 0 Å². The van der Waals surface area contributed by atoms with Crippen molar-refractivity contribution in [1.82, 2.24) is 0 Å². The molecule has 0 atom stereocenters. The zero-order valence-corrected chi connectivity index (χ0v) is 9.47. The van der Waals surface area contributed by atoms with Gasteiger partial charge in [-0.2, -0.15) is 0 Å². The van der Waals surface area contributed by atoms with E-state index in [1.165, 1.54) is 30.4 Å². The van der Waals surface area contributed by atoms with E-state index >= 15 is 0 Å². The predicted molar refractivity (Wildman–Crippen MR) is 61.0 cm³/mol. The molecule has 1 aromatic carbocycles. The van der Waals surface area contributed by atoms with Crippen molar-refractivity contribution < 1.29 is 4.74 Å². The van der Waals surface area contributed by atoms with Crippen LogP contribution in [-0.4, -0.2) is 7.11 Å². The Morgan fingerprint density at radius 3 is 2.50 bits per heavy atom. The summed E-state index contributed by atoms with van der Waals surface area (Å²) in [4.78, 5) is 0. The first-order chi connectivity index (χ1) is 6.81. The summed E-state index contributed by atoms with van der Waals surface area (Å²) < 4.78 is 5.22. The van der Waals surface area contributed by atoms with Crippen molar-refractivity contribution in [2.45, 2.75) is 39.5 Å². The van der Waals surface area contributed by atoms with E-state index in [9.17, 15) is 0 Å². The first kappa shape index (κ1) is 11.1. The molecule has 0 aliphatic carbocycles. The van der Waals surface area contributed by atoms with Crippen molar-refractivity contribution in [2.75, 3.05) is 7.11 Å². The molecule has 0 saturated heterocycles. The Bertz CT molecular complexity index is 279. The summed E-state index contributed by atoms with van der Waals surface area (Å²) in [5.41, 5.74) is 2.91. The summed E-state index contributed by atoms with van der Waals surface area (Å²) >= 11 is 0. The Morgan fingerprint density at radius 1 is 1.14 bits per heavy atom. The van der Waals surface area contributed by atoms with Gasteiger partial charge >= 0.3 is 0 Å². The highest BCUT2D eigenvalue weighted by molar-refractivity contribution is 5.35. The zero-order chi connectivity index (χ0) is 10.4. The third-order valence-corrected chi connectivity index (χ3v) is 2.59. The van der Waals surface area contributed by atoms with Gasteiger partial charge < -0.3 is 4.74 Å². The molecule has 0 amide bonds. The lowest BCUT2D eigenvalue weighted by Crippen LogP contribution is -1.94. The maximum atomic E-state index is 5.22. The number of rotatable bonds is 5. The van der Waals surface area contributed by atoms with Crippen LogP contribution in [0.1, 0.15) is 37.8 Å². The molecule has 0 saturated carbocycles. The molecule has 1 nitrogen and oxygen atoms in total. The number of methoxy groups -OCH3 is 1. The van der Waals surface area contributed by atoms with Gasteiger partial charge in [0.15, 0.2) is 0 Å². The Morgan fingerprint density at radius 2 is 1.93 bits per heavy atom. The fraction of sp³-hybridized carbons (Fsp3) is 0.538. The molecule has 0 spiro atoms. The summed E-state index contributed by atoms with van der Waals surface area (Å²) in [6.45, 7) is 4.43. The third-order valence-electron chi connectivity index (χ3n) is 2.59. The fourth-order valence-electron chi connectivity index (χ4n) is 1.67. The van der Waals surface area contributed by atoms with Crippen LogP contribution in [0.15, 0.2) is 18.2 Å². The molecule has 0 aromatic heterocycles. The number of unbranched alkanes of at least 4 members (excludes halogenated alkanes) is 1. The third kappa shape index (κ3) is 2.76. The van der Waals surface area contributed by atoms with Gasteiger partial charge in [0.1, 0.15) is 5.75 Å². The first-order valence-electron chi connectivity index (χ1n) is 5.47. The quantitative estimate of drug-likeness (QED) is 0.692. The average Bonchev–Trinajstić information content (AvgIpc) is 2.26. The van der Waals surface area contributed by atoms with Crippen molar-refractivity contribution in [3.05, 3.63) is 29.3 Å².